The van der Waals surface area contributed by atoms with Crippen LogP contribution in [0, 0.1) is 17.2 Å². The number of nitrogens with zero attached hydrogens (tertiary/aromatic N) is 2. The van der Waals surface area contributed by atoms with Gasteiger partial charge in [-0.15, -0.1) is 0 Å². The van der Waals surface area contributed by atoms with E-state index in [1.165, 1.54) is 5.56 Å². The predicted molar refractivity (Wildman–Crippen MR) is 89.0 cm³/mol. The first-order valence-electron chi connectivity index (χ1n) is 7.89. The Kier molecular flexibility index (Phi) is 7.07. The zero-order chi connectivity index (χ0) is 16.6. The number of hydrogen-bond donors (Lipinski definition) is 1. The zero-order valence-electron chi connectivity index (χ0n) is 14.1. The molecule has 4 heteroatoms. The second kappa shape index (κ2) is 8.55. The van der Waals surface area contributed by atoms with Gasteiger partial charge in [-0.25, -0.2) is 0 Å². The summed E-state index contributed by atoms with van der Waals surface area (Å²) in [6.45, 7) is 9.67. The molecule has 4 nitrogen and oxygen atoms in total. The zero-order valence-corrected chi connectivity index (χ0v) is 14.1. The minimum Gasteiger partial charge on any atom is -0.337 e. The van der Waals surface area contributed by atoms with E-state index in [0.29, 0.717) is 6.54 Å². The molecule has 1 aromatic carbocycles. The second-order valence-corrected chi connectivity index (χ2v) is 6.21. The quantitative estimate of drug-likeness (QED) is 0.803. The highest BCUT2D eigenvalue weighted by Crippen LogP contribution is 2.15. The van der Waals surface area contributed by atoms with Gasteiger partial charge in [0.15, 0.2) is 0 Å². The lowest BCUT2D eigenvalue weighted by Gasteiger charge is -2.29. The van der Waals surface area contributed by atoms with Crippen molar-refractivity contribution < 1.29 is 4.79 Å². The van der Waals surface area contributed by atoms with E-state index in [1.807, 2.05) is 32.0 Å². The maximum atomic E-state index is 12.3. The number of nitriles is 1. The van der Waals surface area contributed by atoms with Crippen LogP contribution in [0.1, 0.15) is 39.7 Å². The molecule has 0 radical (unpaired) electrons. The second-order valence-electron chi connectivity index (χ2n) is 6.21. The van der Waals surface area contributed by atoms with Crippen molar-refractivity contribution in [2.24, 2.45) is 5.92 Å². The molecule has 0 heterocycles. The molecule has 0 aliphatic carbocycles. The van der Waals surface area contributed by atoms with Crippen LogP contribution < -0.4 is 5.32 Å². The largest absolute Gasteiger partial charge is 0.337 e. The van der Waals surface area contributed by atoms with E-state index in [1.54, 1.807) is 6.92 Å². The van der Waals surface area contributed by atoms with Crippen LogP contribution in [0.5, 0.6) is 0 Å². The van der Waals surface area contributed by atoms with Crippen molar-refractivity contribution in [2.75, 3.05) is 13.1 Å². The lowest BCUT2D eigenvalue weighted by atomic mass is 9.90. The van der Waals surface area contributed by atoms with Crippen LogP contribution in [0.4, 0.5) is 0 Å². The van der Waals surface area contributed by atoms with Gasteiger partial charge in [0.2, 0.25) is 5.91 Å². The maximum absolute atomic E-state index is 12.3. The molecule has 0 bridgehead atoms. The SMILES string of the molecule is CCCN(CC(=O)NC(C)(C#N)C(C)C)Cc1ccccc1. The molecule has 0 aliphatic rings. The Morgan fingerprint density at radius 2 is 2.00 bits per heavy atom. The van der Waals surface area contributed by atoms with Crippen LogP contribution >= 0.6 is 0 Å². The van der Waals surface area contributed by atoms with Crippen molar-refractivity contribution in [2.45, 2.75) is 46.2 Å². The first-order valence-corrected chi connectivity index (χ1v) is 7.89. The van der Waals surface area contributed by atoms with E-state index in [-0.39, 0.29) is 11.8 Å². The Morgan fingerprint density at radius 3 is 2.50 bits per heavy atom. The highest BCUT2D eigenvalue weighted by atomic mass is 16.2. The first kappa shape index (κ1) is 18.2. The fourth-order valence-electron chi connectivity index (χ4n) is 2.21. The van der Waals surface area contributed by atoms with Gasteiger partial charge in [-0.05, 0) is 31.4 Å². The van der Waals surface area contributed by atoms with Gasteiger partial charge in [-0.1, -0.05) is 51.1 Å². The molecule has 1 atom stereocenters. The van der Waals surface area contributed by atoms with E-state index >= 15 is 0 Å². The summed E-state index contributed by atoms with van der Waals surface area (Å²) < 4.78 is 0. The van der Waals surface area contributed by atoms with E-state index in [2.05, 4.69) is 35.3 Å². The molecule has 1 aromatic rings. The smallest absolute Gasteiger partial charge is 0.235 e. The molecule has 0 aliphatic heterocycles. The third kappa shape index (κ3) is 5.50. The molecule has 1 N–H and O–H groups in total. The summed E-state index contributed by atoms with van der Waals surface area (Å²) >= 11 is 0. The third-order valence-electron chi connectivity index (χ3n) is 3.94. The Morgan fingerprint density at radius 1 is 1.36 bits per heavy atom. The third-order valence-corrected chi connectivity index (χ3v) is 3.94. The molecule has 0 fully saturated rings. The van der Waals surface area contributed by atoms with Gasteiger partial charge in [0.25, 0.3) is 0 Å². The van der Waals surface area contributed by atoms with Crippen LogP contribution in [-0.4, -0.2) is 29.4 Å². The van der Waals surface area contributed by atoms with Gasteiger partial charge in [-0.2, -0.15) is 5.26 Å². The molecule has 0 aromatic heterocycles. The van der Waals surface area contributed by atoms with Gasteiger partial charge < -0.3 is 5.32 Å². The van der Waals surface area contributed by atoms with Crippen molar-refractivity contribution in [1.82, 2.24) is 10.2 Å². The standard InChI is InChI=1S/C18H27N3O/c1-5-11-21(12-16-9-7-6-8-10-16)13-17(22)20-18(4,14-19)15(2)3/h6-10,15H,5,11-13H2,1-4H3,(H,20,22). The lowest BCUT2D eigenvalue weighted by molar-refractivity contribution is -0.124. The number of carbonyl (C=O) groups is 1. The molecule has 0 saturated heterocycles. The highest BCUT2D eigenvalue weighted by Gasteiger charge is 2.30. The van der Waals surface area contributed by atoms with Crippen molar-refractivity contribution in [3.8, 4) is 6.07 Å². The van der Waals surface area contributed by atoms with Crippen molar-refractivity contribution >= 4 is 5.91 Å². The molecule has 120 valence electrons. The van der Waals surface area contributed by atoms with Gasteiger partial charge in [0.05, 0.1) is 12.6 Å². The average Bonchev–Trinajstić information content (AvgIpc) is 2.48. The summed E-state index contributed by atoms with van der Waals surface area (Å²) in [5.74, 6) is -0.0303. The van der Waals surface area contributed by atoms with Crippen molar-refractivity contribution in [3.05, 3.63) is 35.9 Å². The summed E-state index contributed by atoms with van der Waals surface area (Å²) in [5, 5.41) is 12.2. The first-order chi connectivity index (χ1) is 10.4. The minimum absolute atomic E-state index is 0.0650. The summed E-state index contributed by atoms with van der Waals surface area (Å²) in [6, 6.07) is 12.3. The number of rotatable bonds is 8. The Balaban J connectivity index is 2.67. The van der Waals surface area contributed by atoms with Crippen molar-refractivity contribution in [1.29, 1.82) is 5.26 Å². The number of nitrogens with one attached hydrogen (secondary N) is 1. The fourth-order valence-corrected chi connectivity index (χ4v) is 2.21. The van der Waals surface area contributed by atoms with Gasteiger partial charge in [0.1, 0.15) is 5.54 Å². The maximum Gasteiger partial charge on any atom is 0.235 e. The summed E-state index contributed by atoms with van der Waals surface area (Å²) in [7, 11) is 0. The summed E-state index contributed by atoms with van der Waals surface area (Å²) in [4.78, 5) is 14.4. The molecule has 0 spiro atoms. The predicted octanol–water partition coefficient (Wildman–Crippen LogP) is 2.95. The van der Waals surface area contributed by atoms with E-state index < -0.39 is 5.54 Å². The summed E-state index contributed by atoms with van der Waals surface area (Å²) in [6.07, 6.45) is 0.986. The molecular formula is C18H27N3O. The van der Waals surface area contributed by atoms with Crippen LogP contribution in [0.25, 0.3) is 0 Å². The number of benzene rings is 1. The monoisotopic (exact) mass is 301 g/mol. The molecular weight excluding hydrogens is 274 g/mol. The minimum atomic E-state index is -0.818. The highest BCUT2D eigenvalue weighted by molar-refractivity contribution is 5.79. The van der Waals surface area contributed by atoms with Gasteiger partial charge in [0, 0.05) is 6.54 Å². The Hall–Kier alpha value is -1.86. The molecule has 22 heavy (non-hydrogen) atoms. The van der Waals surface area contributed by atoms with E-state index in [0.717, 1.165) is 19.5 Å². The fraction of sp³-hybridized carbons (Fsp3) is 0.556. The van der Waals surface area contributed by atoms with Crippen LogP contribution in [0.15, 0.2) is 30.3 Å². The molecule has 1 amide bonds. The number of hydrogen-bond acceptors (Lipinski definition) is 3. The number of amides is 1. The van der Waals surface area contributed by atoms with Gasteiger partial charge >= 0.3 is 0 Å². The summed E-state index contributed by atoms with van der Waals surface area (Å²) in [5.41, 5.74) is 0.373. The Labute approximate surface area is 134 Å². The Bertz CT molecular complexity index is 507. The topological polar surface area (TPSA) is 56.1 Å². The van der Waals surface area contributed by atoms with E-state index in [4.69, 9.17) is 0 Å². The molecule has 1 rings (SSSR count). The van der Waals surface area contributed by atoms with Gasteiger partial charge in [-0.3, -0.25) is 9.69 Å². The van der Waals surface area contributed by atoms with Crippen molar-refractivity contribution in [3.63, 3.8) is 0 Å². The van der Waals surface area contributed by atoms with Crippen LogP contribution in [0.2, 0.25) is 0 Å². The van der Waals surface area contributed by atoms with Crippen LogP contribution in [0.3, 0.4) is 0 Å². The average molecular weight is 301 g/mol. The molecule has 1 unspecified atom stereocenters. The molecule has 0 saturated carbocycles. The normalized spacial score (nSPS) is 13.7. The van der Waals surface area contributed by atoms with E-state index in [9.17, 15) is 10.1 Å². The van der Waals surface area contributed by atoms with Crippen LogP contribution in [-0.2, 0) is 11.3 Å². The lowest BCUT2D eigenvalue weighted by Crippen LogP contribution is -2.51. The number of carbonyl (C=O) groups excluding carboxylic acids is 1.